The smallest absolute Gasteiger partial charge is 0.159 e. The van der Waals surface area contributed by atoms with Gasteiger partial charge in [-0.25, -0.2) is 8.78 Å². The van der Waals surface area contributed by atoms with Gasteiger partial charge in [-0.05, 0) is 54.6 Å². The molecule has 5 heteroatoms. The van der Waals surface area contributed by atoms with Gasteiger partial charge in [0.1, 0.15) is 0 Å². The number of carbonyl (C=O) groups is 1. The van der Waals surface area contributed by atoms with Gasteiger partial charge in [0.15, 0.2) is 17.4 Å². The standard InChI is InChI=1S/C22H22F2N2O/c23-19-9-8-18(13-20(19)24)17-6-4-15(5-7-17)11-16(14-25)12-22(27)21-3-1-2-10-26-21/h4-9,13,16,21,26H,1-3,10-12H2/t16-,21+/m1/s1. The third-order valence-corrected chi connectivity index (χ3v) is 5.02. The molecule has 0 amide bonds. The lowest BCUT2D eigenvalue weighted by Gasteiger charge is -2.23. The van der Waals surface area contributed by atoms with Crippen molar-refractivity contribution in [3.05, 3.63) is 59.7 Å². The number of benzene rings is 2. The van der Waals surface area contributed by atoms with Crippen LogP contribution in [0.5, 0.6) is 0 Å². The van der Waals surface area contributed by atoms with Crippen molar-refractivity contribution in [3.63, 3.8) is 0 Å². The number of piperidine rings is 1. The Hall–Kier alpha value is -2.58. The van der Waals surface area contributed by atoms with Crippen molar-refractivity contribution < 1.29 is 13.6 Å². The molecule has 3 nitrogen and oxygen atoms in total. The second-order valence-corrected chi connectivity index (χ2v) is 7.03. The molecular formula is C22H22F2N2O. The number of hydrogen-bond donors (Lipinski definition) is 1. The predicted molar refractivity (Wildman–Crippen MR) is 99.9 cm³/mol. The molecule has 1 aliphatic heterocycles. The monoisotopic (exact) mass is 368 g/mol. The first-order valence-corrected chi connectivity index (χ1v) is 9.27. The number of nitriles is 1. The Balaban J connectivity index is 1.63. The summed E-state index contributed by atoms with van der Waals surface area (Å²) in [6.45, 7) is 0.860. The Morgan fingerprint density at radius 3 is 2.48 bits per heavy atom. The molecule has 27 heavy (non-hydrogen) atoms. The minimum atomic E-state index is -0.879. The van der Waals surface area contributed by atoms with E-state index in [4.69, 9.17) is 0 Å². The van der Waals surface area contributed by atoms with Crippen molar-refractivity contribution in [1.82, 2.24) is 5.32 Å². The zero-order valence-electron chi connectivity index (χ0n) is 15.1. The Kier molecular flexibility index (Phi) is 6.31. The van der Waals surface area contributed by atoms with Gasteiger partial charge in [0, 0.05) is 6.42 Å². The van der Waals surface area contributed by atoms with Crippen LogP contribution in [0.3, 0.4) is 0 Å². The van der Waals surface area contributed by atoms with Crippen LogP contribution in [0.15, 0.2) is 42.5 Å². The molecule has 0 unspecified atom stereocenters. The lowest BCUT2D eigenvalue weighted by atomic mass is 9.90. The maximum Gasteiger partial charge on any atom is 0.159 e. The Morgan fingerprint density at radius 2 is 1.85 bits per heavy atom. The van der Waals surface area contributed by atoms with Gasteiger partial charge in [-0.3, -0.25) is 4.79 Å². The van der Waals surface area contributed by atoms with Crippen molar-refractivity contribution in [2.45, 2.75) is 38.1 Å². The van der Waals surface area contributed by atoms with Gasteiger partial charge < -0.3 is 5.32 Å². The number of halogens is 2. The van der Waals surface area contributed by atoms with Crippen molar-refractivity contribution in [2.24, 2.45) is 5.92 Å². The van der Waals surface area contributed by atoms with Crippen LogP contribution in [0.4, 0.5) is 8.78 Å². The van der Waals surface area contributed by atoms with Crippen molar-refractivity contribution in [2.75, 3.05) is 6.54 Å². The number of nitrogens with zero attached hydrogens (tertiary/aromatic N) is 1. The van der Waals surface area contributed by atoms with Gasteiger partial charge in [0.25, 0.3) is 0 Å². The molecular weight excluding hydrogens is 346 g/mol. The van der Waals surface area contributed by atoms with Gasteiger partial charge in [-0.1, -0.05) is 36.8 Å². The Bertz CT molecular complexity index is 836. The molecule has 140 valence electrons. The molecule has 0 bridgehead atoms. The summed E-state index contributed by atoms with van der Waals surface area (Å²) in [4.78, 5) is 12.4. The molecule has 0 saturated carbocycles. The molecule has 0 aromatic heterocycles. The highest BCUT2D eigenvalue weighted by Gasteiger charge is 2.23. The minimum Gasteiger partial charge on any atom is -0.307 e. The lowest BCUT2D eigenvalue weighted by molar-refractivity contribution is -0.122. The molecule has 1 saturated heterocycles. The highest BCUT2D eigenvalue weighted by molar-refractivity contribution is 5.84. The fraction of sp³-hybridized carbons (Fsp3) is 0.364. The first-order valence-electron chi connectivity index (χ1n) is 9.27. The molecule has 2 aromatic carbocycles. The lowest BCUT2D eigenvalue weighted by Crippen LogP contribution is -2.41. The second kappa shape index (κ2) is 8.88. The predicted octanol–water partition coefficient (Wildman–Crippen LogP) is 4.42. The highest BCUT2D eigenvalue weighted by Crippen LogP contribution is 2.23. The molecule has 1 aliphatic rings. The molecule has 1 N–H and O–H groups in total. The summed E-state index contributed by atoms with van der Waals surface area (Å²) in [5, 5.41) is 12.7. The first-order chi connectivity index (χ1) is 13.1. The van der Waals surface area contributed by atoms with E-state index in [-0.39, 0.29) is 24.2 Å². The van der Waals surface area contributed by atoms with Gasteiger partial charge >= 0.3 is 0 Å². The zero-order valence-corrected chi connectivity index (χ0v) is 15.1. The van der Waals surface area contributed by atoms with Crippen LogP contribution in [0, 0.1) is 28.9 Å². The number of hydrogen-bond acceptors (Lipinski definition) is 3. The molecule has 1 fully saturated rings. The SMILES string of the molecule is N#C[C@@H](CC(=O)[C@@H]1CCCCN1)Cc1ccc(-c2ccc(F)c(F)c2)cc1. The molecule has 2 aromatic rings. The van der Waals surface area contributed by atoms with Gasteiger partial charge in [0.2, 0.25) is 0 Å². The maximum absolute atomic E-state index is 13.4. The third kappa shape index (κ3) is 4.99. The largest absolute Gasteiger partial charge is 0.307 e. The van der Waals surface area contributed by atoms with E-state index in [0.717, 1.165) is 49.1 Å². The molecule has 2 atom stereocenters. The van der Waals surface area contributed by atoms with E-state index in [1.54, 1.807) is 0 Å². The molecule has 3 rings (SSSR count). The number of Topliss-reactive ketones (excluding diaryl/α,β-unsaturated/α-hetero) is 1. The molecule has 0 spiro atoms. The van der Waals surface area contributed by atoms with E-state index < -0.39 is 11.6 Å². The third-order valence-electron chi connectivity index (χ3n) is 5.02. The number of carbonyl (C=O) groups excluding carboxylic acids is 1. The minimum absolute atomic E-state index is 0.111. The van der Waals surface area contributed by atoms with Crippen molar-refractivity contribution >= 4 is 5.78 Å². The number of ketones is 1. The van der Waals surface area contributed by atoms with Crippen LogP contribution >= 0.6 is 0 Å². The number of rotatable bonds is 6. The summed E-state index contributed by atoms with van der Waals surface area (Å²) < 4.78 is 26.5. The maximum atomic E-state index is 13.4. The highest BCUT2D eigenvalue weighted by atomic mass is 19.2. The van der Waals surface area contributed by atoms with E-state index in [1.165, 1.54) is 6.07 Å². The van der Waals surface area contributed by atoms with Crippen LogP contribution in [0.2, 0.25) is 0 Å². The fourth-order valence-corrected chi connectivity index (χ4v) is 3.47. The Labute approximate surface area is 158 Å². The zero-order chi connectivity index (χ0) is 19.2. The summed E-state index contributed by atoms with van der Waals surface area (Å²) in [7, 11) is 0. The molecule has 0 radical (unpaired) electrons. The topological polar surface area (TPSA) is 52.9 Å². The fourth-order valence-electron chi connectivity index (χ4n) is 3.47. The van der Waals surface area contributed by atoms with Crippen molar-refractivity contribution in [3.8, 4) is 17.2 Å². The van der Waals surface area contributed by atoms with Gasteiger partial charge in [-0.15, -0.1) is 0 Å². The average Bonchev–Trinajstić information content (AvgIpc) is 2.70. The van der Waals surface area contributed by atoms with Crippen LogP contribution in [-0.2, 0) is 11.2 Å². The summed E-state index contributed by atoms with van der Waals surface area (Å²) in [5.74, 6) is -2.00. The van der Waals surface area contributed by atoms with Gasteiger partial charge in [-0.2, -0.15) is 5.26 Å². The summed E-state index contributed by atoms with van der Waals surface area (Å²) in [6, 6.07) is 13.3. The summed E-state index contributed by atoms with van der Waals surface area (Å²) in [5.41, 5.74) is 2.31. The van der Waals surface area contributed by atoms with Crippen molar-refractivity contribution in [1.29, 1.82) is 5.26 Å². The summed E-state index contributed by atoms with van der Waals surface area (Å²) in [6.07, 6.45) is 3.73. The molecule has 1 heterocycles. The molecule has 0 aliphatic carbocycles. The van der Waals surface area contributed by atoms with Crippen LogP contribution in [0.25, 0.3) is 11.1 Å². The van der Waals surface area contributed by atoms with Crippen LogP contribution in [-0.4, -0.2) is 18.4 Å². The van der Waals surface area contributed by atoms with Crippen LogP contribution in [0.1, 0.15) is 31.2 Å². The normalized spacial score (nSPS) is 17.9. The second-order valence-electron chi connectivity index (χ2n) is 7.03. The summed E-state index contributed by atoms with van der Waals surface area (Å²) >= 11 is 0. The van der Waals surface area contributed by atoms with E-state index in [2.05, 4.69) is 11.4 Å². The first kappa shape index (κ1) is 19.2. The van der Waals surface area contributed by atoms with E-state index >= 15 is 0 Å². The number of nitrogens with one attached hydrogen (secondary N) is 1. The van der Waals surface area contributed by atoms with E-state index in [0.29, 0.717) is 12.0 Å². The van der Waals surface area contributed by atoms with E-state index in [9.17, 15) is 18.8 Å². The Morgan fingerprint density at radius 1 is 1.11 bits per heavy atom. The van der Waals surface area contributed by atoms with Crippen LogP contribution < -0.4 is 5.32 Å². The average molecular weight is 368 g/mol. The van der Waals surface area contributed by atoms with Gasteiger partial charge in [0.05, 0.1) is 18.0 Å². The van der Waals surface area contributed by atoms with E-state index in [1.807, 2.05) is 24.3 Å². The quantitative estimate of drug-likeness (QED) is 0.821.